The Kier molecular flexibility index (Phi) is 4.27. The molecule has 21 heavy (non-hydrogen) atoms. The third-order valence-electron chi connectivity index (χ3n) is 3.80. The molecule has 2 aromatic carbocycles. The summed E-state index contributed by atoms with van der Waals surface area (Å²) in [7, 11) is 1.62. The fraction of sp³-hybridized carbons (Fsp3) is 0.294. The maximum absolute atomic E-state index is 6.19. The fourth-order valence-corrected chi connectivity index (χ4v) is 2.89. The van der Waals surface area contributed by atoms with Crippen molar-refractivity contribution >= 4 is 28.9 Å². The zero-order valence-corrected chi connectivity index (χ0v) is 13.3. The van der Waals surface area contributed by atoms with E-state index < -0.39 is 0 Å². The number of hydrogen-bond acceptors (Lipinski definition) is 2. The monoisotopic (exact) mass is 321 g/mol. The minimum absolute atomic E-state index is 0.298. The van der Waals surface area contributed by atoms with Crippen molar-refractivity contribution in [1.29, 1.82) is 0 Å². The van der Waals surface area contributed by atoms with E-state index in [0.717, 1.165) is 10.7 Å². The van der Waals surface area contributed by atoms with Gasteiger partial charge in [0.25, 0.3) is 0 Å². The molecule has 0 spiro atoms. The zero-order chi connectivity index (χ0) is 14.8. The second kappa shape index (κ2) is 6.17. The Labute approximate surface area is 135 Å². The molecule has 1 unspecified atom stereocenters. The Bertz CT molecular complexity index is 623. The summed E-state index contributed by atoms with van der Waals surface area (Å²) in [5, 5.41) is 4.97. The maximum Gasteiger partial charge on any atom is 0.137 e. The van der Waals surface area contributed by atoms with E-state index in [0.29, 0.717) is 22.7 Å². The lowest BCUT2D eigenvalue weighted by Gasteiger charge is -2.20. The number of benzene rings is 2. The smallest absolute Gasteiger partial charge is 0.137 e. The van der Waals surface area contributed by atoms with E-state index in [-0.39, 0.29) is 0 Å². The van der Waals surface area contributed by atoms with E-state index in [2.05, 4.69) is 17.4 Å². The van der Waals surface area contributed by atoms with Crippen LogP contribution < -0.4 is 10.1 Å². The van der Waals surface area contributed by atoms with E-state index >= 15 is 0 Å². The third kappa shape index (κ3) is 3.45. The Hall–Kier alpha value is -1.38. The van der Waals surface area contributed by atoms with Gasteiger partial charge in [-0.2, -0.15) is 0 Å². The molecule has 1 fully saturated rings. The Morgan fingerprint density at radius 1 is 1.10 bits per heavy atom. The van der Waals surface area contributed by atoms with Crippen LogP contribution in [0.2, 0.25) is 10.0 Å². The highest BCUT2D eigenvalue weighted by Crippen LogP contribution is 2.43. The number of hydrogen-bond donors (Lipinski definition) is 1. The van der Waals surface area contributed by atoms with Crippen LogP contribution in [0.25, 0.3) is 0 Å². The van der Waals surface area contributed by atoms with Gasteiger partial charge in [-0.3, -0.25) is 0 Å². The largest absolute Gasteiger partial charge is 0.495 e. The highest BCUT2D eigenvalue weighted by Gasteiger charge is 2.32. The lowest BCUT2D eigenvalue weighted by Crippen LogP contribution is -2.12. The van der Waals surface area contributed by atoms with Crippen LogP contribution in [0.5, 0.6) is 5.75 Å². The number of ether oxygens (including phenoxy) is 1. The van der Waals surface area contributed by atoms with E-state index in [1.54, 1.807) is 7.11 Å². The van der Waals surface area contributed by atoms with Crippen molar-refractivity contribution in [3.05, 3.63) is 58.1 Å². The normalized spacial score (nSPS) is 15.6. The minimum Gasteiger partial charge on any atom is -0.495 e. The van der Waals surface area contributed by atoms with Crippen molar-refractivity contribution in [3.8, 4) is 5.75 Å². The second-order valence-electron chi connectivity index (χ2n) is 5.36. The van der Waals surface area contributed by atoms with Gasteiger partial charge in [0, 0.05) is 10.7 Å². The molecule has 1 saturated carbocycles. The molecular weight excluding hydrogens is 305 g/mol. The molecule has 110 valence electrons. The molecule has 0 aliphatic heterocycles. The number of rotatable bonds is 5. The van der Waals surface area contributed by atoms with Gasteiger partial charge in [0.05, 0.1) is 18.2 Å². The van der Waals surface area contributed by atoms with Gasteiger partial charge in [0.1, 0.15) is 5.75 Å². The number of nitrogens with one attached hydrogen (secondary N) is 1. The molecule has 0 aromatic heterocycles. The van der Waals surface area contributed by atoms with Gasteiger partial charge in [-0.15, -0.1) is 0 Å². The summed E-state index contributed by atoms with van der Waals surface area (Å²) in [4.78, 5) is 0. The van der Waals surface area contributed by atoms with Crippen molar-refractivity contribution in [2.75, 3.05) is 12.4 Å². The summed E-state index contributed by atoms with van der Waals surface area (Å²) in [6.45, 7) is 0. The lowest BCUT2D eigenvalue weighted by molar-refractivity contribution is 0.415. The van der Waals surface area contributed by atoms with Gasteiger partial charge in [0.2, 0.25) is 0 Å². The van der Waals surface area contributed by atoms with E-state index in [9.17, 15) is 0 Å². The van der Waals surface area contributed by atoms with Crippen LogP contribution in [0.4, 0.5) is 5.69 Å². The predicted octanol–water partition coefficient (Wildman–Crippen LogP) is 5.57. The first-order chi connectivity index (χ1) is 10.2. The first-order valence-electron chi connectivity index (χ1n) is 7.03. The highest BCUT2D eigenvalue weighted by atomic mass is 35.5. The first kappa shape index (κ1) is 14.6. The average Bonchev–Trinajstić information content (AvgIpc) is 3.31. The van der Waals surface area contributed by atoms with Crippen molar-refractivity contribution in [2.45, 2.75) is 18.9 Å². The first-order valence-corrected chi connectivity index (χ1v) is 7.78. The van der Waals surface area contributed by atoms with Crippen LogP contribution in [0.3, 0.4) is 0 Å². The fourth-order valence-electron chi connectivity index (χ4n) is 2.51. The Morgan fingerprint density at radius 2 is 1.81 bits per heavy atom. The van der Waals surface area contributed by atoms with Crippen LogP contribution in [0, 0.1) is 5.92 Å². The molecule has 1 N–H and O–H groups in total. The molecule has 0 radical (unpaired) electrons. The van der Waals surface area contributed by atoms with Crippen LogP contribution >= 0.6 is 23.2 Å². The molecule has 4 heteroatoms. The molecule has 2 aromatic rings. The van der Waals surface area contributed by atoms with Gasteiger partial charge in [-0.05, 0) is 54.7 Å². The molecule has 0 heterocycles. The lowest BCUT2D eigenvalue weighted by atomic mass is 10.0. The van der Waals surface area contributed by atoms with Gasteiger partial charge in [-0.1, -0.05) is 35.3 Å². The summed E-state index contributed by atoms with van der Waals surface area (Å²) in [5.41, 5.74) is 2.27. The summed E-state index contributed by atoms with van der Waals surface area (Å²) < 4.78 is 5.19. The van der Waals surface area contributed by atoms with Crippen LogP contribution in [-0.4, -0.2) is 7.11 Å². The standard InChI is InChI=1S/C17H17Cl2NO/c1-21-16-9-8-14(10-15(16)19)20-17(11-2-3-11)12-4-6-13(18)7-5-12/h4-11,17,20H,2-3H2,1H3. The Balaban J connectivity index is 1.82. The van der Waals surface area contributed by atoms with Crippen LogP contribution in [0.15, 0.2) is 42.5 Å². The summed E-state index contributed by atoms with van der Waals surface area (Å²) in [6, 6.07) is 14.1. The predicted molar refractivity (Wildman–Crippen MR) is 88.5 cm³/mol. The SMILES string of the molecule is COc1ccc(NC(c2ccc(Cl)cc2)C2CC2)cc1Cl. The molecule has 1 aliphatic carbocycles. The van der Waals surface area contributed by atoms with Gasteiger partial charge < -0.3 is 10.1 Å². The third-order valence-corrected chi connectivity index (χ3v) is 4.34. The number of methoxy groups -OCH3 is 1. The van der Waals surface area contributed by atoms with Crippen LogP contribution in [0.1, 0.15) is 24.4 Å². The van der Waals surface area contributed by atoms with E-state index in [1.165, 1.54) is 18.4 Å². The maximum atomic E-state index is 6.19. The number of halogens is 2. The summed E-state index contributed by atoms with van der Waals surface area (Å²) in [5.74, 6) is 1.36. The molecule has 0 bridgehead atoms. The molecule has 0 amide bonds. The molecule has 3 rings (SSSR count). The molecule has 1 atom stereocenters. The Morgan fingerprint density at radius 3 is 2.38 bits per heavy atom. The topological polar surface area (TPSA) is 21.3 Å². The quantitative estimate of drug-likeness (QED) is 0.777. The van der Waals surface area contributed by atoms with Gasteiger partial charge in [-0.25, -0.2) is 0 Å². The van der Waals surface area contributed by atoms with Crippen molar-refractivity contribution < 1.29 is 4.74 Å². The zero-order valence-electron chi connectivity index (χ0n) is 11.8. The molecule has 2 nitrogen and oxygen atoms in total. The van der Waals surface area contributed by atoms with Crippen LogP contribution in [-0.2, 0) is 0 Å². The number of anilines is 1. The minimum atomic E-state index is 0.298. The van der Waals surface area contributed by atoms with Gasteiger partial charge in [0.15, 0.2) is 0 Å². The highest BCUT2D eigenvalue weighted by molar-refractivity contribution is 6.32. The van der Waals surface area contributed by atoms with Gasteiger partial charge >= 0.3 is 0 Å². The molecule has 0 saturated heterocycles. The van der Waals surface area contributed by atoms with Crippen molar-refractivity contribution in [3.63, 3.8) is 0 Å². The summed E-state index contributed by atoms with van der Waals surface area (Å²) >= 11 is 12.2. The van der Waals surface area contributed by atoms with E-state index in [1.807, 2.05) is 30.3 Å². The van der Waals surface area contributed by atoms with Crippen molar-refractivity contribution in [2.24, 2.45) is 5.92 Å². The van der Waals surface area contributed by atoms with E-state index in [4.69, 9.17) is 27.9 Å². The average molecular weight is 322 g/mol. The van der Waals surface area contributed by atoms with Crippen molar-refractivity contribution in [1.82, 2.24) is 0 Å². The molecular formula is C17H17Cl2NO. The summed E-state index contributed by atoms with van der Waals surface area (Å²) in [6.07, 6.45) is 2.51. The molecule has 1 aliphatic rings. The second-order valence-corrected chi connectivity index (χ2v) is 6.20.